The molecular formula is C28H30F4N6O3. The van der Waals surface area contributed by atoms with Gasteiger partial charge in [0.15, 0.2) is 0 Å². The van der Waals surface area contributed by atoms with Crippen LogP contribution in [0.1, 0.15) is 45.2 Å². The average Bonchev–Trinajstić information content (AvgIpc) is 3.58. The van der Waals surface area contributed by atoms with Crippen LogP contribution >= 0.6 is 0 Å². The fourth-order valence-corrected chi connectivity index (χ4v) is 6.97. The predicted molar refractivity (Wildman–Crippen MR) is 137 cm³/mol. The Hall–Kier alpha value is -3.82. The number of nitrogens with one attached hydrogen (secondary N) is 2. The van der Waals surface area contributed by atoms with Gasteiger partial charge in [0, 0.05) is 42.3 Å². The topological polar surface area (TPSA) is 128 Å². The Bertz CT molecular complexity index is 1410. The van der Waals surface area contributed by atoms with Crippen LogP contribution in [0.4, 0.5) is 17.6 Å². The van der Waals surface area contributed by atoms with E-state index in [1.807, 2.05) is 11.4 Å². The van der Waals surface area contributed by atoms with E-state index in [0.717, 1.165) is 0 Å². The Labute approximate surface area is 233 Å². The van der Waals surface area contributed by atoms with Crippen LogP contribution in [0.25, 0.3) is 10.8 Å². The minimum Gasteiger partial charge on any atom is -0.336 e. The lowest BCUT2D eigenvalue weighted by atomic mass is 9.77. The third kappa shape index (κ3) is 5.08. The number of hydrogen-bond acceptors (Lipinski definition) is 6. The van der Waals surface area contributed by atoms with E-state index in [1.54, 1.807) is 18.5 Å². The second kappa shape index (κ2) is 10.2. The molecular weight excluding hydrogens is 544 g/mol. The molecule has 1 aliphatic heterocycles. The van der Waals surface area contributed by atoms with E-state index >= 15 is 0 Å². The van der Waals surface area contributed by atoms with Gasteiger partial charge in [0.1, 0.15) is 24.3 Å². The zero-order valence-electron chi connectivity index (χ0n) is 22.7. The van der Waals surface area contributed by atoms with Crippen molar-refractivity contribution in [2.75, 3.05) is 6.54 Å². The summed E-state index contributed by atoms with van der Waals surface area (Å²) in [7, 11) is 0. The monoisotopic (exact) mass is 574 g/mol. The molecule has 8 atom stereocenters. The van der Waals surface area contributed by atoms with Gasteiger partial charge >= 0.3 is 12.1 Å². The normalized spacial score (nSPS) is 28.6. The maximum Gasteiger partial charge on any atom is 0.471 e. The summed E-state index contributed by atoms with van der Waals surface area (Å²) in [5.41, 5.74) is -0.745. The molecule has 2 aromatic rings. The Morgan fingerprint density at radius 2 is 1.78 bits per heavy atom. The molecule has 1 unspecified atom stereocenters. The smallest absolute Gasteiger partial charge is 0.336 e. The van der Waals surface area contributed by atoms with Crippen LogP contribution in [0.5, 0.6) is 0 Å². The second-order valence-electron chi connectivity index (χ2n) is 12.3. The van der Waals surface area contributed by atoms with Crippen LogP contribution in [-0.2, 0) is 14.4 Å². The molecule has 2 bridgehead atoms. The highest BCUT2D eigenvalue weighted by atomic mass is 19.4. The summed E-state index contributed by atoms with van der Waals surface area (Å²) in [5, 5.41) is 15.8. The molecule has 2 N–H and O–H groups in total. The first-order chi connectivity index (χ1) is 19.2. The summed E-state index contributed by atoms with van der Waals surface area (Å²) < 4.78 is 54.4. The van der Waals surface area contributed by atoms with Crippen molar-refractivity contribution in [3.8, 4) is 6.07 Å². The van der Waals surface area contributed by atoms with Crippen molar-refractivity contribution in [1.29, 1.82) is 5.26 Å². The first-order valence-electron chi connectivity index (χ1n) is 13.4. The third-order valence-electron chi connectivity index (χ3n) is 8.78. The lowest BCUT2D eigenvalue weighted by Crippen LogP contribution is -2.60. The minimum atomic E-state index is -5.22. The number of alkyl halides is 4. The molecule has 0 spiro atoms. The summed E-state index contributed by atoms with van der Waals surface area (Å²) in [6, 6.07) is -0.292. The highest BCUT2D eigenvalue weighted by molar-refractivity contribution is 5.95. The van der Waals surface area contributed by atoms with Crippen LogP contribution in [0.15, 0.2) is 30.9 Å². The van der Waals surface area contributed by atoms with Crippen LogP contribution < -0.4 is 10.6 Å². The van der Waals surface area contributed by atoms with Crippen molar-refractivity contribution in [3.63, 3.8) is 0 Å². The highest BCUT2D eigenvalue weighted by Crippen LogP contribution is 2.58. The summed E-state index contributed by atoms with van der Waals surface area (Å²) in [6.45, 7) is 4.57. The highest BCUT2D eigenvalue weighted by Gasteiger charge is 2.63. The quantitative estimate of drug-likeness (QED) is 0.528. The number of nitriles is 1. The number of carbonyl (C=O) groups is 3. The number of carbonyl (C=O) groups excluding carboxylic acids is 3. The third-order valence-corrected chi connectivity index (χ3v) is 8.78. The fraction of sp³-hybridized carbons (Fsp3) is 0.571. The standard InChI is InChI=1S/C28H30F4N6O3/c1-27(2,3)23(37-26(41)28(30,31)32)25(40)38-12-18-13-6-16(19(29)7-13)21(18)22(38)24(39)36-20(8-33)17-11-35-10-14-9-34-5-4-15(14)17/h4-5,9-11,13,16,18-23H,6-7,12H2,1-3H3,(H,36,39)(H,37,41)/t13-,16+,18+,19+,20?,21-,22-,23+/m0/s1. The summed E-state index contributed by atoms with van der Waals surface area (Å²) in [6.07, 6.45) is 0.549. The summed E-state index contributed by atoms with van der Waals surface area (Å²) >= 11 is 0. The average molecular weight is 575 g/mol. The van der Waals surface area contributed by atoms with E-state index in [4.69, 9.17) is 0 Å². The van der Waals surface area contributed by atoms with Crippen molar-refractivity contribution < 1.29 is 31.9 Å². The van der Waals surface area contributed by atoms with Crippen LogP contribution in [-0.4, -0.2) is 63.6 Å². The van der Waals surface area contributed by atoms with Gasteiger partial charge in [-0.1, -0.05) is 20.8 Å². The molecule has 3 fully saturated rings. The number of fused-ring (bicyclic) bond motifs is 6. The van der Waals surface area contributed by atoms with Gasteiger partial charge in [-0.15, -0.1) is 0 Å². The number of amides is 3. The van der Waals surface area contributed by atoms with Gasteiger partial charge in [-0.2, -0.15) is 18.4 Å². The zero-order valence-corrected chi connectivity index (χ0v) is 22.7. The number of hydrogen-bond donors (Lipinski definition) is 2. The van der Waals surface area contributed by atoms with Gasteiger partial charge in [-0.05, 0) is 53.4 Å². The number of nitrogens with zero attached hydrogens (tertiary/aromatic N) is 4. The molecule has 41 heavy (non-hydrogen) atoms. The maximum absolute atomic E-state index is 15.0. The van der Waals surface area contributed by atoms with E-state index in [2.05, 4.69) is 15.3 Å². The molecule has 3 aliphatic rings. The second-order valence-corrected chi connectivity index (χ2v) is 12.3. The van der Waals surface area contributed by atoms with Gasteiger partial charge < -0.3 is 15.5 Å². The first-order valence-corrected chi connectivity index (χ1v) is 13.4. The molecule has 9 nitrogen and oxygen atoms in total. The molecule has 1 saturated heterocycles. The summed E-state index contributed by atoms with van der Waals surface area (Å²) in [5.74, 6) is -5.20. The van der Waals surface area contributed by atoms with Gasteiger partial charge in [0.2, 0.25) is 11.8 Å². The van der Waals surface area contributed by atoms with Crippen molar-refractivity contribution >= 4 is 28.5 Å². The van der Waals surface area contributed by atoms with Crippen molar-refractivity contribution in [2.45, 2.75) is 64.1 Å². The Morgan fingerprint density at radius 3 is 2.44 bits per heavy atom. The van der Waals surface area contributed by atoms with Gasteiger partial charge in [0.25, 0.3) is 0 Å². The van der Waals surface area contributed by atoms with Gasteiger partial charge in [-0.3, -0.25) is 24.4 Å². The number of halogens is 4. The zero-order chi connectivity index (χ0) is 29.9. The first kappa shape index (κ1) is 28.7. The number of rotatable bonds is 5. The molecule has 13 heteroatoms. The van der Waals surface area contributed by atoms with E-state index < -0.39 is 65.4 Å². The predicted octanol–water partition coefficient (Wildman–Crippen LogP) is 3.22. The van der Waals surface area contributed by atoms with Crippen LogP contribution in [0.3, 0.4) is 0 Å². The molecule has 2 saturated carbocycles. The van der Waals surface area contributed by atoms with E-state index in [1.165, 1.54) is 38.1 Å². The molecule has 218 valence electrons. The van der Waals surface area contributed by atoms with Crippen molar-refractivity contribution in [1.82, 2.24) is 25.5 Å². The van der Waals surface area contributed by atoms with E-state index in [0.29, 0.717) is 29.2 Å². The fourth-order valence-electron chi connectivity index (χ4n) is 6.97. The lowest BCUT2D eigenvalue weighted by Gasteiger charge is -2.37. The molecule has 3 heterocycles. The molecule has 3 amide bonds. The summed E-state index contributed by atoms with van der Waals surface area (Å²) in [4.78, 5) is 49.1. The Kier molecular flexibility index (Phi) is 7.16. The lowest BCUT2D eigenvalue weighted by molar-refractivity contribution is -0.176. The minimum absolute atomic E-state index is 0.0443. The Morgan fingerprint density at radius 1 is 1.07 bits per heavy atom. The van der Waals surface area contributed by atoms with E-state index in [-0.39, 0.29) is 18.4 Å². The molecule has 0 radical (unpaired) electrons. The van der Waals surface area contributed by atoms with Crippen LogP contribution in [0.2, 0.25) is 0 Å². The largest absolute Gasteiger partial charge is 0.471 e. The van der Waals surface area contributed by atoms with Gasteiger partial charge in [-0.25, -0.2) is 4.39 Å². The van der Waals surface area contributed by atoms with Crippen LogP contribution in [0, 0.1) is 40.4 Å². The Balaban J connectivity index is 1.49. The molecule has 0 aromatic carbocycles. The molecule has 2 aromatic heterocycles. The van der Waals surface area contributed by atoms with E-state index in [9.17, 15) is 37.2 Å². The molecule has 2 aliphatic carbocycles. The van der Waals surface area contributed by atoms with Crippen molar-refractivity contribution in [3.05, 3.63) is 36.4 Å². The number of pyridine rings is 2. The van der Waals surface area contributed by atoms with Crippen molar-refractivity contribution in [2.24, 2.45) is 29.1 Å². The number of likely N-dealkylation sites (tertiary alicyclic amines) is 1. The molecule has 5 rings (SSSR count). The van der Waals surface area contributed by atoms with Gasteiger partial charge in [0.05, 0.1) is 6.07 Å². The number of aromatic nitrogens is 2. The SMILES string of the molecule is CC(C)(C)[C@H](NC(=O)C(F)(F)F)C(=O)N1C[C@@H]2[C@H]3C[C@@H]([C@@H]2[C@H]1C(=O)NC(C#N)c1cncc2cnccc12)[C@H](F)C3. The maximum atomic E-state index is 15.0.